The van der Waals surface area contributed by atoms with Gasteiger partial charge in [-0.2, -0.15) is 0 Å². The van der Waals surface area contributed by atoms with Crippen LogP contribution in [0.2, 0.25) is 0 Å². The lowest BCUT2D eigenvalue weighted by Gasteiger charge is -2.41. The fourth-order valence-electron chi connectivity index (χ4n) is 3.51. The van der Waals surface area contributed by atoms with Crippen LogP contribution in [0.4, 0.5) is 17.6 Å². The molecule has 5 nitrogen and oxygen atoms in total. The van der Waals surface area contributed by atoms with E-state index in [4.69, 9.17) is 4.74 Å². The Labute approximate surface area is 165 Å². The zero-order valence-electron chi connectivity index (χ0n) is 15.5. The molecule has 2 N–H and O–H groups in total. The lowest BCUT2D eigenvalue weighted by atomic mass is 9.79. The molecule has 2 aliphatic rings. The first-order valence-electron chi connectivity index (χ1n) is 9.30. The molecule has 1 aromatic carbocycles. The maximum Gasteiger partial charge on any atom is 0.522 e. The lowest BCUT2D eigenvalue weighted by Crippen LogP contribution is -2.59. The number of nitrogens with one attached hydrogen (secondary N) is 2. The molecule has 1 heterocycles. The molecule has 0 saturated carbocycles. The molecule has 0 spiro atoms. The van der Waals surface area contributed by atoms with Crippen LogP contribution in [0.3, 0.4) is 0 Å². The van der Waals surface area contributed by atoms with E-state index in [1.807, 2.05) is 0 Å². The van der Waals surface area contributed by atoms with E-state index in [1.165, 1.54) is 24.3 Å². The third-order valence-electron chi connectivity index (χ3n) is 4.87. The molecule has 158 valence electrons. The smallest absolute Gasteiger partial charge is 0.368 e. The molecule has 1 saturated heterocycles. The van der Waals surface area contributed by atoms with Gasteiger partial charge >= 0.3 is 6.36 Å². The van der Waals surface area contributed by atoms with Crippen LogP contribution in [0.1, 0.15) is 18.4 Å². The highest BCUT2D eigenvalue weighted by Gasteiger charge is 2.41. The van der Waals surface area contributed by atoms with Crippen LogP contribution in [0.25, 0.3) is 0 Å². The Morgan fingerprint density at radius 2 is 2.00 bits per heavy atom. The van der Waals surface area contributed by atoms with E-state index < -0.39 is 36.5 Å². The molecule has 0 radical (unpaired) electrons. The van der Waals surface area contributed by atoms with Gasteiger partial charge in [-0.05, 0) is 30.5 Å². The van der Waals surface area contributed by atoms with Gasteiger partial charge in [0.25, 0.3) is 0 Å². The van der Waals surface area contributed by atoms with Gasteiger partial charge < -0.3 is 15.4 Å². The number of ether oxygens (including phenoxy) is 2. The van der Waals surface area contributed by atoms with Gasteiger partial charge in [-0.1, -0.05) is 36.4 Å². The quantitative estimate of drug-likeness (QED) is 0.532. The summed E-state index contributed by atoms with van der Waals surface area (Å²) < 4.78 is 59.4. The van der Waals surface area contributed by atoms with Crippen molar-refractivity contribution in [3.05, 3.63) is 60.0 Å². The molecule has 0 bridgehead atoms. The summed E-state index contributed by atoms with van der Waals surface area (Å²) in [4.78, 5) is 12.8. The van der Waals surface area contributed by atoms with Crippen molar-refractivity contribution in [1.29, 1.82) is 0 Å². The summed E-state index contributed by atoms with van der Waals surface area (Å²) in [5.74, 6) is -0.766. The number of carbonyl (C=O) groups excluding carboxylic acids is 1. The monoisotopic (exact) mass is 414 g/mol. The summed E-state index contributed by atoms with van der Waals surface area (Å²) in [5.41, 5.74) is -0.538. The van der Waals surface area contributed by atoms with E-state index in [9.17, 15) is 22.4 Å². The first-order chi connectivity index (χ1) is 13.8. The minimum atomic E-state index is -4.72. The van der Waals surface area contributed by atoms with Gasteiger partial charge in [0.05, 0.1) is 12.6 Å². The van der Waals surface area contributed by atoms with Gasteiger partial charge in [0, 0.05) is 13.2 Å². The Morgan fingerprint density at radius 3 is 2.66 bits per heavy atom. The molecule has 29 heavy (non-hydrogen) atoms. The van der Waals surface area contributed by atoms with Crippen LogP contribution in [0, 0.1) is 5.82 Å². The summed E-state index contributed by atoms with van der Waals surface area (Å²) in [7, 11) is 0. The number of allylic oxidation sites excluding steroid dienone is 2. The average molecular weight is 414 g/mol. The van der Waals surface area contributed by atoms with Crippen molar-refractivity contribution in [1.82, 2.24) is 10.6 Å². The van der Waals surface area contributed by atoms with E-state index in [0.29, 0.717) is 18.6 Å². The zero-order chi connectivity index (χ0) is 20.9. The summed E-state index contributed by atoms with van der Waals surface area (Å²) >= 11 is 0. The molecule has 0 aromatic heterocycles. The zero-order valence-corrected chi connectivity index (χ0v) is 15.5. The molecule has 1 aliphatic carbocycles. The summed E-state index contributed by atoms with van der Waals surface area (Å²) in [6.45, 7) is -0.203. The molecule has 1 aromatic rings. The predicted octanol–water partition coefficient (Wildman–Crippen LogP) is 2.94. The number of rotatable bonds is 7. The number of amides is 1. The number of halogens is 4. The Kier molecular flexibility index (Phi) is 6.71. The number of alkyl halides is 3. The van der Waals surface area contributed by atoms with Crippen LogP contribution >= 0.6 is 0 Å². The van der Waals surface area contributed by atoms with E-state index in [2.05, 4.69) is 15.4 Å². The van der Waals surface area contributed by atoms with Crippen molar-refractivity contribution >= 4 is 5.91 Å². The largest absolute Gasteiger partial charge is 0.522 e. The number of benzene rings is 1. The molecule has 3 rings (SSSR count). The molecule has 9 heteroatoms. The summed E-state index contributed by atoms with van der Waals surface area (Å²) in [6.07, 6.45) is 2.96. The molecular formula is C20H22F4N2O3. The highest BCUT2D eigenvalue weighted by molar-refractivity contribution is 5.82. The Morgan fingerprint density at radius 1 is 1.24 bits per heavy atom. The molecule has 1 aliphatic heterocycles. The van der Waals surface area contributed by atoms with Crippen LogP contribution in [0.5, 0.6) is 0 Å². The Bertz CT molecular complexity index is 758. The normalized spacial score (nSPS) is 26.6. The SMILES string of the molecule is O=C(NC1(c2ccc(F)cc2)C=CC=CC1NCCOC(F)(F)F)C1CCCO1. The highest BCUT2D eigenvalue weighted by Crippen LogP contribution is 2.31. The van der Waals surface area contributed by atoms with Gasteiger partial charge in [-0.25, -0.2) is 4.39 Å². The highest BCUT2D eigenvalue weighted by atomic mass is 19.4. The molecule has 1 fully saturated rings. The Hall–Kier alpha value is -2.23. The maximum atomic E-state index is 13.5. The topological polar surface area (TPSA) is 59.6 Å². The van der Waals surface area contributed by atoms with Crippen LogP contribution in [0.15, 0.2) is 48.6 Å². The van der Waals surface area contributed by atoms with E-state index >= 15 is 0 Å². The fourth-order valence-corrected chi connectivity index (χ4v) is 3.51. The predicted molar refractivity (Wildman–Crippen MR) is 97.3 cm³/mol. The first kappa shape index (κ1) is 21.5. The van der Waals surface area contributed by atoms with E-state index in [0.717, 1.165) is 6.42 Å². The third-order valence-corrected chi connectivity index (χ3v) is 4.87. The van der Waals surface area contributed by atoms with Crippen LogP contribution in [-0.4, -0.2) is 44.2 Å². The second kappa shape index (κ2) is 9.06. The molecule has 3 atom stereocenters. The minimum Gasteiger partial charge on any atom is -0.368 e. The number of hydrogen-bond acceptors (Lipinski definition) is 4. The number of carbonyl (C=O) groups is 1. The number of hydrogen-bond donors (Lipinski definition) is 2. The Balaban J connectivity index is 1.83. The molecule has 1 amide bonds. The second-order valence-corrected chi connectivity index (χ2v) is 6.84. The average Bonchev–Trinajstić information content (AvgIpc) is 3.21. The van der Waals surface area contributed by atoms with Gasteiger partial charge in [-0.15, -0.1) is 13.2 Å². The fraction of sp³-hybridized carbons (Fsp3) is 0.450. The van der Waals surface area contributed by atoms with Gasteiger partial charge in [0.1, 0.15) is 17.5 Å². The van der Waals surface area contributed by atoms with Crippen molar-refractivity contribution < 1.29 is 31.8 Å². The van der Waals surface area contributed by atoms with Crippen molar-refractivity contribution in [3.63, 3.8) is 0 Å². The van der Waals surface area contributed by atoms with Gasteiger partial charge in [0.15, 0.2) is 0 Å². The first-order valence-corrected chi connectivity index (χ1v) is 9.30. The molecule has 3 unspecified atom stereocenters. The van der Waals surface area contributed by atoms with Crippen molar-refractivity contribution in [2.75, 3.05) is 19.8 Å². The summed E-state index contributed by atoms with van der Waals surface area (Å²) in [5, 5.41) is 5.95. The lowest BCUT2D eigenvalue weighted by molar-refractivity contribution is -0.323. The molecular weight excluding hydrogens is 392 g/mol. The van der Waals surface area contributed by atoms with Gasteiger partial charge in [-0.3, -0.25) is 9.53 Å². The van der Waals surface area contributed by atoms with Crippen molar-refractivity contribution in [3.8, 4) is 0 Å². The van der Waals surface area contributed by atoms with Crippen molar-refractivity contribution in [2.45, 2.75) is 36.9 Å². The van der Waals surface area contributed by atoms with Crippen LogP contribution in [-0.2, 0) is 19.8 Å². The summed E-state index contributed by atoms with van der Waals surface area (Å²) in [6, 6.07) is 5.03. The third kappa shape index (κ3) is 5.43. The van der Waals surface area contributed by atoms with Crippen molar-refractivity contribution in [2.24, 2.45) is 0 Å². The van der Waals surface area contributed by atoms with E-state index in [-0.39, 0.29) is 12.5 Å². The van der Waals surface area contributed by atoms with E-state index in [1.54, 1.807) is 24.3 Å². The van der Waals surface area contributed by atoms with Gasteiger partial charge in [0.2, 0.25) is 5.91 Å². The standard InChI is InChI=1S/C20H22F4N2O3/c21-15-8-6-14(7-9-15)19(26-18(27)16-4-3-12-28-16)10-2-1-5-17(19)25-11-13-29-20(22,23)24/h1-2,5-10,16-17,25H,3-4,11-13H2,(H,26,27). The minimum absolute atomic E-state index is 0.110. The second-order valence-electron chi connectivity index (χ2n) is 6.84. The maximum absolute atomic E-state index is 13.5. The van der Waals surface area contributed by atoms with Crippen LogP contribution < -0.4 is 10.6 Å².